The number of rotatable bonds is 4. The number of benzene rings is 1. The molecular formula is C15H14BrNO4S. The van der Waals surface area contributed by atoms with Crippen molar-refractivity contribution in [2.24, 2.45) is 0 Å². The predicted octanol–water partition coefficient (Wildman–Crippen LogP) is 4.53. The molecule has 0 spiro atoms. The van der Waals surface area contributed by atoms with Crippen LogP contribution in [0.1, 0.15) is 17.3 Å². The van der Waals surface area contributed by atoms with E-state index in [9.17, 15) is 9.59 Å². The number of methoxy groups -OCH3 is 1. The third-order valence-electron chi connectivity index (χ3n) is 2.83. The number of nitrogens with one attached hydrogen (secondary N) is 1. The molecule has 0 saturated carbocycles. The number of amides is 1. The molecule has 0 aliphatic rings. The molecule has 7 heteroatoms. The van der Waals surface area contributed by atoms with Gasteiger partial charge in [0.25, 0.3) is 0 Å². The number of esters is 1. The molecule has 22 heavy (non-hydrogen) atoms. The molecule has 1 heterocycles. The molecule has 1 aromatic heterocycles. The van der Waals surface area contributed by atoms with E-state index in [4.69, 9.17) is 9.47 Å². The Kier molecular flexibility index (Phi) is 5.57. The van der Waals surface area contributed by atoms with Crippen LogP contribution in [0.15, 0.2) is 34.1 Å². The summed E-state index contributed by atoms with van der Waals surface area (Å²) in [5, 5.41) is 4.78. The van der Waals surface area contributed by atoms with Gasteiger partial charge in [0, 0.05) is 15.4 Å². The van der Waals surface area contributed by atoms with Crippen LogP contribution in [0.25, 0.3) is 11.1 Å². The molecule has 0 bridgehead atoms. The summed E-state index contributed by atoms with van der Waals surface area (Å²) in [6, 6.07) is 7.53. The number of hydrogen-bond donors (Lipinski definition) is 1. The molecule has 1 N–H and O–H groups in total. The first-order chi connectivity index (χ1) is 10.6. The van der Waals surface area contributed by atoms with Gasteiger partial charge in [-0.1, -0.05) is 28.1 Å². The summed E-state index contributed by atoms with van der Waals surface area (Å²) in [5.74, 6) is -0.508. The minimum absolute atomic E-state index is 0.254. The van der Waals surface area contributed by atoms with Crippen molar-refractivity contribution in [1.29, 1.82) is 0 Å². The smallest absolute Gasteiger partial charge is 0.412 e. The predicted molar refractivity (Wildman–Crippen MR) is 89.4 cm³/mol. The lowest BCUT2D eigenvalue weighted by atomic mass is 10.0. The highest BCUT2D eigenvalue weighted by Gasteiger charge is 2.22. The molecule has 5 nitrogen and oxygen atoms in total. The van der Waals surface area contributed by atoms with Crippen LogP contribution in [0.3, 0.4) is 0 Å². The van der Waals surface area contributed by atoms with E-state index in [1.165, 1.54) is 18.4 Å². The molecule has 0 unspecified atom stereocenters. The maximum Gasteiger partial charge on any atom is 0.412 e. The van der Waals surface area contributed by atoms with Gasteiger partial charge in [0.1, 0.15) is 10.6 Å². The molecule has 0 radical (unpaired) electrons. The zero-order valence-corrected chi connectivity index (χ0v) is 14.4. The van der Waals surface area contributed by atoms with E-state index in [0.29, 0.717) is 16.1 Å². The van der Waals surface area contributed by atoms with E-state index in [1.807, 2.05) is 24.3 Å². The van der Waals surface area contributed by atoms with E-state index < -0.39 is 12.1 Å². The fraction of sp³-hybridized carbons (Fsp3) is 0.200. The number of hydrogen-bond acceptors (Lipinski definition) is 5. The lowest BCUT2D eigenvalue weighted by Gasteiger charge is -2.07. The average Bonchev–Trinajstić information content (AvgIpc) is 2.91. The van der Waals surface area contributed by atoms with Crippen molar-refractivity contribution in [2.75, 3.05) is 19.0 Å². The Morgan fingerprint density at radius 2 is 1.95 bits per heavy atom. The monoisotopic (exact) mass is 383 g/mol. The first-order valence-corrected chi connectivity index (χ1v) is 8.13. The van der Waals surface area contributed by atoms with E-state index >= 15 is 0 Å². The fourth-order valence-corrected chi connectivity index (χ4v) is 3.06. The Bertz CT molecular complexity index is 681. The van der Waals surface area contributed by atoms with Crippen molar-refractivity contribution in [2.45, 2.75) is 6.92 Å². The third-order valence-corrected chi connectivity index (χ3v) is 4.25. The number of carbonyl (C=O) groups is 2. The van der Waals surface area contributed by atoms with Gasteiger partial charge in [-0.25, -0.2) is 9.59 Å². The molecule has 0 aliphatic heterocycles. The second-order valence-corrected chi connectivity index (χ2v) is 5.99. The minimum Gasteiger partial charge on any atom is -0.465 e. The van der Waals surface area contributed by atoms with Crippen LogP contribution in [0, 0.1) is 0 Å². The van der Waals surface area contributed by atoms with Crippen LogP contribution in [0.5, 0.6) is 0 Å². The van der Waals surface area contributed by atoms with Gasteiger partial charge in [-0.2, -0.15) is 0 Å². The molecule has 1 aromatic carbocycles. The average molecular weight is 384 g/mol. The zero-order chi connectivity index (χ0) is 16.1. The SMILES string of the molecule is CCOC(=O)Nc1scc(-c2ccc(Br)cc2)c1C(=O)OC. The summed E-state index contributed by atoms with van der Waals surface area (Å²) in [4.78, 5) is 23.7. The highest BCUT2D eigenvalue weighted by Crippen LogP contribution is 2.36. The largest absolute Gasteiger partial charge is 0.465 e. The van der Waals surface area contributed by atoms with Gasteiger partial charge >= 0.3 is 12.1 Å². The number of halogens is 1. The van der Waals surface area contributed by atoms with E-state index in [-0.39, 0.29) is 6.61 Å². The van der Waals surface area contributed by atoms with Crippen LogP contribution in [0.4, 0.5) is 9.80 Å². The van der Waals surface area contributed by atoms with Gasteiger partial charge in [-0.15, -0.1) is 11.3 Å². The van der Waals surface area contributed by atoms with Crippen LogP contribution in [-0.4, -0.2) is 25.8 Å². The third kappa shape index (κ3) is 3.66. The molecule has 0 saturated heterocycles. The molecule has 116 valence electrons. The molecule has 0 fully saturated rings. The highest BCUT2D eigenvalue weighted by molar-refractivity contribution is 9.10. The summed E-state index contributed by atoms with van der Waals surface area (Å²) in [7, 11) is 1.31. The Balaban J connectivity index is 2.42. The first kappa shape index (κ1) is 16.5. The van der Waals surface area contributed by atoms with Gasteiger partial charge in [-0.3, -0.25) is 5.32 Å². The molecule has 1 amide bonds. The summed E-state index contributed by atoms with van der Waals surface area (Å²) in [6.45, 7) is 1.97. The first-order valence-electron chi connectivity index (χ1n) is 6.46. The quantitative estimate of drug-likeness (QED) is 0.787. The highest BCUT2D eigenvalue weighted by atomic mass is 79.9. The Labute approximate surface area is 140 Å². The molecule has 2 rings (SSSR count). The number of ether oxygens (including phenoxy) is 2. The van der Waals surface area contributed by atoms with Crippen molar-refractivity contribution in [3.05, 3.63) is 39.7 Å². The van der Waals surface area contributed by atoms with Crippen molar-refractivity contribution in [3.63, 3.8) is 0 Å². The number of carbonyl (C=O) groups excluding carboxylic acids is 2. The van der Waals surface area contributed by atoms with Crippen LogP contribution >= 0.6 is 27.3 Å². The summed E-state index contributed by atoms with van der Waals surface area (Å²) < 4.78 is 10.6. The van der Waals surface area contributed by atoms with Crippen LogP contribution < -0.4 is 5.32 Å². The van der Waals surface area contributed by atoms with Crippen molar-refractivity contribution in [1.82, 2.24) is 0 Å². The van der Waals surface area contributed by atoms with Gasteiger partial charge in [0.2, 0.25) is 0 Å². The summed E-state index contributed by atoms with van der Waals surface area (Å²) >= 11 is 4.62. The van der Waals surface area contributed by atoms with Crippen molar-refractivity contribution in [3.8, 4) is 11.1 Å². The molecular weight excluding hydrogens is 370 g/mol. The standard InChI is InChI=1S/C15H14BrNO4S/c1-3-21-15(19)17-13-12(14(18)20-2)11(8-22-13)9-4-6-10(16)7-5-9/h4-8H,3H2,1-2H3,(H,17,19). The second-order valence-electron chi connectivity index (χ2n) is 4.20. The number of thiophene rings is 1. The normalized spacial score (nSPS) is 10.1. The summed E-state index contributed by atoms with van der Waals surface area (Å²) in [5.41, 5.74) is 1.88. The van der Waals surface area contributed by atoms with E-state index in [2.05, 4.69) is 21.2 Å². The Morgan fingerprint density at radius 3 is 2.55 bits per heavy atom. The fourth-order valence-electron chi connectivity index (χ4n) is 1.86. The molecule has 2 aromatic rings. The second kappa shape index (κ2) is 7.42. The van der Waals surface area contributed by atoms with Crippen LogP contribution in [0.2, 0.25) is 0 Å². The zero-order valence-electron chi connectivity index (χ0n) is 12.0. The maximum absolute atomic E-state index is 12.1. The maximum atomic E-state index is 12.1. The Hall–Kier alpha value is -1.86. The minimum atomic E-state index is -0.600. The van der Waals surface area contributed by atoms with Gasteiger partial charge in [0.05, 0.1) is 13.7 Å². The van der Waals surface area contributed by atoms with Gasteiger partial charge < -0.3 is 9.47 Å². The van der Waals surface area contributed by atoms with E-state index in [0.717, 1.165) is 10.0 Å². The van der Waals surface area contributed by atoms with Crippen molar-refractivity contribution >= 4 is 44.3 Å². The van der Waals surface area contributed by atoms with Gasteiger partial charge in [-0.05, 0) is 24.6 Å². The number of anilines is 1. The van der Waals surface area contributed by atoms with Crippen LogP contribution in [-0.2, 0) is 9.47 Å². The summed E-state index contributed by atoms with van der Waals surface area (Å²) in [6.07, 6.45) is -0.600. The lowest BCUT2D eigenvalue weighted by Crippen LogP contribution is -2.15. The molecule has 0 atom stereocenters. The van der Waals surface area contributed by atoms with Gasteiger partial charge in [0.15, 0.2) is 0 Å². The van der Waals surface area contributed by atoms with Crippen molar-refractivity contribution < 1.29 is 19.1 Å². The molecule has 0 aliphatic carbocycles. The lowest BCUT2D eigenvalue weighted by molar-refractivity contribution is 0.0603. The van der Waals surface area contributed by atoms with E-state index in [1.54, 1.807) is 12.3 Å². The topological polar surface area (TPSA) is 64.6 Å². The Morgan fingerprint density at radius 1 is 1.27 bits per heavy atom.